The van der Waals surface area contributed by atoms with Gasteiger partial charge in [-0.05, 0) is 69.2 Å². The third-order valence-electron chi connectivity index (χ3n) is 6.78. The van der Waals surface area contributed by atoms with E-state index >= 15 is 0 Å². The molecule has 1 saturated carbocycles. The molecule has 4 rings (SSSR count). The third kappa shape index (κ3) is 7.49. The molecule has 0 aliphatic heterocycles. The van der Waals surface area contributed by atoms with Gasteiger partial charge in [-0.3, -0.25) is 4.79 Å². The number of anilines is 3. The molecule has 0 radical (unpaired) electrons. The monoisotopic (exact) mass is 580 g/mol. The molecule has 3 aromatic carbocycles. The number of carbonyl (C=O) groups is 2. The molecule has 1 fully saturated rings. The van der Waals surface area contributed by atoms with Crippen LogP contribution < -0.4 is 24.5 Å². The number of hydrogen-bond donors (Lipinski definition) is 2. The first-order valence-corrected chi connectivity index (χ1v) is 15.0. The molecule has 0 bridgehead atoms. The van der Waals surface area contributed by atoms with Gasteiger partial charge in [0.1, 0.15) is 16.4 Å². The number of methoxy groups -OCH3 is 1. The van der Waals surface area contributed by atoms with E-state index in [9.17, 15) is 18.0 Å². The standard InChI is InChI=1S/C30H36N4O6S/c1-5-33(6-2)25-14-11-22(20-34(24-15-16-24)30(36)32-27-9-7-8-10-28(27)39-4)29(19-25)40-41(37,38)26-17-12-23(13-18-26)31-21(3)35/h7-14,17-19,24H,5-6,15-16,20H2,1-4H3,(H,31,35)(H,32,36). The first kappa shape index (κ1) is 29.7. The highest BCUT2D eigenvalue weighted by atomic mass is 32.2. The Hall–Kier alpha value is -4.25. The summed E-state index contributed by atoms with van der Waals surface area (Å²) >= 11 is 0. The molecule has 0 unspecified atom stereocenters. The first-order chi connectivity index (χ1) is 19.6. The fourth-order valence-corrected chi connectivity index (χ4v) is 5.44. The van der Waals surface area contributed by atoms with Crippen LogP contribution in [-0.4, -0.2) is 51.5 Å². The van der Waals surface area contributed by atoms with Crippen LogP contribution in [0.1, 0.15) is 39.2 Å². The van der Waals surface area contributed by atoms with E-state index in [-0.39, 0.29) is 35.2 Å². The van der Waals surface area contributed by atoms with Gasteiger partial charge in [0.25, 0.3) is 0 Å². The van der Waals surface area contributed by atoms with Crippen LogP contribution in [-0.2, 0) is 21.5 Å². The summed E-state index contributed by atoms with van der Waals surface area (Å²) in [5.41, 5.74) is 2.38. The van der Waals surface area contributed by atoms with Crippen molar-refractivity contribution in [1.82, 2.24) is 4.90 Å². The Morgan fingerprint density at radius 3 is 2.22 bits per heavy atom. The number of benzene rings is 3. The van der Waals surface area contributed by atoms with E-state index in [4.69, 9.17) is 8.92 Å². The van der Waals surface area contributed by atoms with Crippen molar-refractivity contribution in [3.8, 4) is 11.5 Å². The maximum atomic E-state index is 13.4. The smallest absolute Gasteiger partial charge is 0.339 e. The Balaban J connectivity index is 1.64. The van der Waals surface area contributed by atoms with Crippen LogP contribution in [0.4, 0.5) is 21.9 Å². The van der Waals surface area contributed by atoms with Crippen LogP contribution in [0.15, 0.2) is 71.6 Å². The van der Waals surface area contributed by atoms with Gasteiger partial charge in [-0.15, -0.1) is 0 Å². The zero-order chi connectivity index (χ0) is 29.6. The fourth-order valence-electron chi connectivity index (χ4n) is 4.48. The molecule has 0 spiro atoms. The summed E-state index contributed by atoms with van der Waals surface area (Å²) in [5, 5.41) is 5.54. The number of nitrogens with one attached hydrogen (secondary N) is 2. The number of para-hydroxylation sites is 2. The normalized spacial score (nSPS) is 12.8. The summed E-state index contributed by atoms with van der Waals surface area (Å²) in [7, 11) is -2.68. The van der Waals surface area contributed by atoms with Crippen LogP contribution in [0.2, 0.25) is 0 Å². The van der Waals surface area contributed by atoms with Crippen molar-refractivity contribution in [3.63, 3.8) is 0 Å². The van der Waals surface area contributed by atoms with Crippen molar-refractivity contribution in [3.05, 3.63) is 72.3 Å². The van der Waals surface area contributed by atoms with Crippen LogP contribution in [0.5, 0.6) is 11.5 Å². The van der Waals surface area contributed by atoms with E-state index in [1.165, 1.54) is 31.2 Å². The molecular formula is C30H36N4O6S. The lowest BCUT2D eigenvalue weighted by Crippen LogP contribution is -2.36. The molecule has 0 heterocycles. The van der Waals surface area contributed by atoms with Crippen molar-refractivity contribution in [2.24, 2.45) is 0 Å². The number of carbonyl (C=O) groups excluding carboxylic acids is 2. The molecular weight excluding hydrogens is 544 g/mol. The Morgan fingerprint density at radius 2 is 1.61 bits per heavy atom. The highest BCUT2D eigenvalue weighted by molar-refractivity contribution is 7.87. The average molecular weight is 581 g/mol. The number of rotatable bonds is 12. The van der Waals surface area contributed by atoms with Gasteiger partial charge in [-0.25, -0.2) is 4.79 Å². The highest BCUT2D eigenvalue weighted by Gasteiger charge is 2.34. The minimum atomic E-state index is -4.22. The third-order valence-corrected chi connectivity index (χ3v) is 8.03. The van der Waals surface area contributed by atoms with Crippen molar-refractivity contribution in [2.45, 2.75) is 51.1 Å². The summed E-state index contributed by atoms with van der Waals surface area (Å²) in [5.74, 6) is 0.431. The molecule has 11 heteroatoms. The Morgan fingerprint density at radius 1 is 0.927 bits per heavy atom. The predicted octanol–water partition coefficient (Wildman–Crippen LogP) is 5.46. The molecule has 10 nitrogen and oxygen atoms in total. The van der Waals surface area contributed by atoms with Gasteiger partial charge < -0.3 is 29.4 Å². The van der Waals surface area contributed by atoms with Crippen molar-refractivity contribution >= 4 is 39.1 Å². The minimum absolute atomic E-state index is 0.0259. The molecule has 3 amide bonds. The quantitative estimate of drug-likeness (QED) is 0.273. The molecule has 1 aliphatic carbocycles. The Kier molecular flexibility index (Phi) is 9.38. The van der Waals surface area contributed by atoms with Gasteiger partial charge in [-0.1, -0.05) is 18.2 Å². The van der Waals surface area contributed by atoms with Crippen molar-refractivity contribution in [1.29, 1.82) is 0 Å². The van der Waals surface area contributed by atoms with Gasteiger partial charge in [0.05, 0.1) is 19.3 Å². The second-order valence-corrected chi connectivity index (χ2v) is 11.2. The summed E-state index contributed by atoms with van der Waals surface area (Å²) in [6, 6.07) is 18.1. The lowest BCUT2D eigenvalue weighted by molar-refractivity contribution is -0.114. The minimum Gasteiger partial charge on any atom is -0.495 e. The summed E-state index contributed by atoms with van der Waals surface area (Å²) in [6.07, 6.45) is 1.71. The topological polar surface area (TPSA) is 117 Å². The van der Waals surface area contributed by atoms with Crippen LogP contribution in [0.3, 0.4) is 0 Å². The highest BCUT2D eigenvalue weighted by Crippen LogP contribution is 2.35. The number of ether oxygens (including phenoxy) is 1. The summed E-state index contributed by atoms with van der Waals surface area (Å²) < 4.78 is 37.8. The van der Waals surface area contributed by atoms with E-state index in [0.29, 0.717) is 22.7 Å². The van der Waals surface area contributed by atoms with Crippen molar-refractivity contribution in [2.75, 3.05) is 35.7 Å². The fraction of sp³-hybridized carbons (Fsp3) is 0.333. The largest absolute Gasteiger partial charge is 0.495 e. The number of urea groups is 1. The van der Waals surface area contributed by atoms with Crippen LogP contribution in [0.25, 0.3) is 0 Å². The number of hydrogen-bond acceptors (Lipinski definition) is 7. The Labute approximate surface area is 241 Å². The summed E-state index contributed by atoms with van der Waals surface area (Å²) in [4.78, 5) is 28.5. The Bertz CT molecular complexity index is 1490. The molecule has 0 saturated heterocycles. The molecule has 3 aromatic rings. The lowest BCUT2D eigenvalue weighted by Gasteiger charge is -2.26. The molecule has 218 valence electrons. The maximum absolute atomic E-state index is 13.4. The lowest BCUT2D eigenvalue weighted by atomic mass is 10.1. The van der Waals surface area contributed by atoms with Gasteiger partial charge in [0, 0.05) is 49.1 Å². The van der Waals surface area contributed by atoms with E-state index in [1.807, 2.05) is 38.1 Å². The summed E-state index contributed by atoms with van der Waals surface area (Å²) in [6.45, 7) is 7.01. The average Bonchev–Trinajstić information content (AvgIpc) is 3.79. The number of amides is 3. The molecule has 0 aromatic heterocycles. The van der Waals surface area contributed by atoms with Crippen LogP contribution >= 0.6 is 0 Å². The van der Waals surface area contributed by atoms with Gasteiger partial charge >= 0.3 is 16.1 Å². The van der Waals surface area contributed by atoms with Gasteiger partial charge in [-0.2, -0.15) is 8.42 Å². The van der Waals surface area contributed by atoms with E-state index in [1.54, 1.807) is 30.2 Å². The van der Waals surface area contributed by atoms with E-state index < -0.39 is 10.1 Å². The SMILES string of the molecule is CCN(CC)c1ccc(CN(C(=O)Nc2ccccc2OC)C2CC2)c(OS(=O)(=O)c2ccc(NC(C)=O)cc2)c1. The first-order valence-electron chi connectivity index (χ1n) is 13.6. The second kappa shape index (κ2) is 12.9. The zero-order valence-corrected chi connectivity index (χ0v) is 24.5. The van der Waals surface area contributed by atoms with E-state index in [2.05, 4.69) is 15.5 Å². The zero-order valence-electron chi connectivity index (χ0n) is 23.7. The van der Waals surface area contributed by atoms with E-state index in [0.717, 1.165) is 31.6 Å². The predicted molar refractivity (Wildman–Crippen MR) is 159 cm³/mol. The molecule has 1 aliphatic rings. The van der Waals surface area contributed by atoms with Crippen molar-refractivity contribution < 1.29 is 26.9 Å². The second-order valence-electron chi connectivity index (χ2n) is 9.70. The molecule has 41 heavy (non-hydrogen) atoms. The molecule has 2 N–H and O–H groups in total. The van der Waals surface area contributed by atoms with Crippen LogP contribution in [0, 0.1) is 0 Å². The van der Waals surface area contributed by atoms with Gasteiger partial charge in [0.15, 0.2) is 0 Å². The molecule has 0 atom stereocenters. The van der Waals surface area contributed by atoms with Gasteiger partial charge in [0.2, 0.25) is 5.91 Å². The number of nitrogens with zero attached hydrogens (tertiary/aromatic N) is 2. The maximum Gasteiger partial charge on any atom is 0.339 e.